The summed E-state index contributed by atoms with van der Waals surface area (Å²) in [5.41, 5.74) is 3.62. The summed E-state index contributed by atoms with van der Waals surface area (Å²) in [6.07, 6.45) is 7.31. The lowest BCUT2D eigenvalue weighted by Gasteiger charge is -2.15. The molecule has 1 aliphatic carbocycles. The fourth-order valence-electron chi connectivity index (χ4n) is 2.45. The van der Waals surface area contributed by atoms with Gasteiger partial charge in [-0.25, -0.2) is 9.97 Å². The third-order valence-electron chi connectivity index (χ3n) is 3.40. The lowest BCUT2D eigenvalue weighted by atomic mass is 9.92. The number of H-pyrrole nitrogens is 1. The number of nitrogens with one attached hydrogen (secondary N) is 1. The summed E-state index contributed by atoms with van der Waals surface area (Å²) in [5, 5.41) is 0. The van der Waals surface area contributed by atoms with Crippen molar-refractivity contribution < 1.29 is 0 Å². The van der Waals surface area contributed by atoms with Crippen molar-refractivity contribution >= 4 is 0 Å². The Morgan fingerprint density at radius 3 is 3.06 bits per heavy atom. The van der Waals surface area contributed by atoms with E-state index in [0.29, 0.717) is 5.92 Å². The smallest absolute Gasteiger partial charge is 0.156 e. The van der Waals surface area contributed by atoms with Crippen LogP contribution in [0, 0.1) is 0 Å². The molecular formula is C12H16N4. The average Bonchev–Trinajstić information content (AvgIpc) is 2.84. The molecule has 2 aromatic heterocycles. The zero-order valence-corrected chi connectivity index (χ0v) is 9.70. The largest absolute Gasteiger partial charge is 0.340 e. The summed E-state index contributed by atoms with van der Waals surface area (Å²) in [6.45, 7) is 2.26. The van der Waals surface area contributed by atoms with Crippen molar-refractivity contribution in [1.29, 1.82) is 0 Å². The Hall–Kier alpha value is -1.58. The molecule has 0 spiro atoms. The summed E-state index contributed by atoms with van der Waals surface area (Å²) < 4.78 is 1.99. The van der Waals surface area contributed by atoms with Gasteiger partial charge in [0.1, 0.15) is 5.69 Å². The van der Waals surface area contributed by atoms with Gasteiger partial charge in [-0.15, -0.1) is 0 Å². The molecule has 0 fully saturated rings. The first kappa shape index (κ1) is 9.63. The highest BCUT2D eigenvalue weighted by Crippen LogP contribution is 2.31. The van der Waals surface area contributed by atoms with Gasteiger partial charge in [-0.05, 0) is 19.3 Å². The molecule has 1 N–H and O–H groups in total. The van der Waals surface area contributed by atoms with Crippen molar-refractivity contribution in [2.45, 2.75) is 32.1 Å². The number of aromatic amines is 1. The zero-order valence-electron chi connectivity index (χ0n) is 9.70. The van der Waals surface area contributed by atoms with E-state index in [0.717, 1.165) is 17.9 Å². The monoisotopic (exact) mass is 216 g/mol. The van der Waals surface area contributed by atoms with E-state index in [4.69, 9.17) is 4.98 Å². The summed E-state index contributed by atoms with van der Waals surface area (Å²) >= 11 is 0. The van der Waals surface area contributed by atoms with E-state index in [1.54, 1.807) is 6.33 Å². The minimum Gasteiger partial charge on any atom is -0.340 e. The number of nitrogens with zero attached hydrogens (tertiary/aromatic N) is 3. The molecule has 84 valence electrons. The average molecular weight is 216 g/mol. The Bertz CT molecular complexity index is 509. The molecule has 0 bridgehead atoms. The predicted octanol–water partition coefficient (Wildman–Crippen LogP) is 2.25. The van der Waals surface area contributed by atoms with Gasteiger partial charge in [-0.2, -0.15) is 0 Å². The van der Waals surface area contributed by atoms with E-state index >= 15 is 0 Å². The summed E-state index contributed by atoms with van der Waals surface area (Å²) in [4.78, 5) is 12.3. The summed E-state index contributed by atoms with van der Waals surface area (Å²) in [5.74, 6) is 1.54. The van der Waals surface area contributed by atoms with Crippen molar-refractivity contribution in [3.05, 3.63) is 23.9 Å². The maximum absolute atomic E-state index is 4.72. The predicted molar refractivity (Wildman–Crippen MR) is 62.1 cm³/mol. The minimum absolute atomic E-state index is 0.585. The standard InChI is InChI=1S/C12H16N4/c1-8-4-3-5-9-11(8)15-12(14-9)10-6-13-7-16(10)2/h6-8H,3-5H2,1-2H3,(H,14,15). The maximum atomic E-state index is 4.72. The second kappa shape index (κ2) is 3.47. The molecule has 0 aromatic carbocycles. The molecule has 0 saturated heterocycles. The van der Waals surface area contributed by atoms with Crippen LogP contribution >= 0.6 is 0 Å². The highest BCUT2D eigenvalue weighted by molar-refractivity contribution is 5.50. The Morgan fingerprint density at radius 1 is 1.50 bits per heavy atom. The van der Waals surface area contributed by atoms with E-state index in [1.807, 2.05) is 17.8 Å². The number of hydrogen-bond donors (Lipinski definition) is 1. The fraction of sp³-hybridized carbons (Fsp3) is 0.500. The molecule has 1 aliphatic rings. The molecule has 0 saturated carbocycles. The lowest BCUT2D eigenvalue weighted by Crippen LogP contribution is -2.05. The topological polar surface area (TPSA) is 46.5 Å². The zero-order chi connectivity index (χ0) is 11.1. The molecule has 0 radical (unpaired) electrons. The summed E-state index contributed by atoms with van der Waals surface area (Å²) in [7, 11) is 1.99. The number of aromatic nitrogens is 4. The molecule has 1 unspecified atom stereocenters. The van der Waals surface area contributed by atoms with Gasteiger partial charge in [0.2, 0.25) is 0 Å². The lowest BCUT2D eigenvalue weighted by molar-refractivity contribution is 0.574. The van der Waals surface area contributed by atoms with Crippen LogP contribution in [0.1, 0.15) is 37.1 Å². The van der Waals surface area contributed by atoms with Gasteiger partial charge < -0.3 is 9.55 Å². The molecule has 16 heavy (non-hydrogen) atoms. The molecule has 0 aliphatic heterocycles. The molecule has 4 heteroatoms. The second-order valence-electron chi connectivity index (χ2n) is 4.63. The number of imidazole rings is 2. The molecule has 3 rings (SSSR count). The summed E-state index contributed by atoms with van der Waals surface area (Å²) in [6, 6.07) is 0. The van der Waals surface area contributed by atoms with Crippen LogP contribution in [0.3, 0.4) is 0 Å². The number of aryl methyl sites for hydroxylation is 2. The molecule has 4 nitrogen and oxygen atoms in total. The van der Waals surface area contributed by atoms with Gasteiger partial charge >= 0.3 is 0 Å². The second-order valence-corrected chi connectivity index (χ2v) is 4.63. The number of rotatable bonds is 1. The van der Waals surface area contributed by atoms with Crippen LogP contribution in [0.5, 0.6) is 0 Å². The number of fused-ring (bicyclic) bond motifs is 1. The molecule has 2 aromatic rings. The van der Waals surface area contributed by atoms with Crippen molar-refractivity contribution in [2.75, 3.05) is 0 Å². The van der Waals surface area contributed by atoms with E-state index in [2.05, 4.69) is 16.9 Å². The Balaban J connectivity index is 2.08. The van der Waals surface area contributed by atoms with Crippen molar-refractivity contribution in [3.8, 4) is 11.5 Å². The van der Waals surface area contributed by atoms with Gasteiger partial charge in [0.05, 0.1) is 18.2 Å². The van der Waals surface area contributed by atoms with Crippen molar-refractivity contribution in [3.63, 3.8) is 0 Å². The first-order chi connectivity index (χ1) is 7.75. The van der Waals surface area contributed by atoms with Crippen LogP contribution in [-0.2, 0) is 13.5 Å². The molecular weight excluding hydrogens is 200 g/mol. The minimum atomic E-state index is 0.585. The Morgan fingerprint density at radius 2 is 2.38 bits per heavy atom. The van der Waals surface area contributed by atoms with Gasteiger partial charge in [0.15, 0.2) is 5.82 Å². The van der Waals surface area contributed by atoms with Crippen LogP contribution in [0.15, 0.2) is 12.5 Å². The normalized spacial score (nSPS) is 19.8. The van der Waals surface area contributed by atoms with Crippen molar-refractivity contribution in [2.24, 2.45) is 7.05 Å². The first-order valence-electron chi connectivity index (χ1n) is 5.81. The van der Waals surface area contributed by atoms with Gasteiger partial charge in [0, 0.05) is 18.7 Å². The van der Waals surface area contributed by atoms with E-state index in [-0.39, 0.29) is 0 Å². The first-order valence-corrected chi connectivity index (χ1v) is 5.81. The van der Waals surface area contributed by atoms with Gasteiger partial charge in [-0.1, -0.05) is 6.92 Å². The molecule has 1 atom stereocenters. The Kier molecular flexibility index (Phi) is 2.09. The maximum Gasteiger partial charge on any atom is 0.156 e. The van der Waals surface area contributed by atoms with Gasteiger partial charge in [0.25, 0.3) is 0 Å². The van der Waals surface area contributed by atoms with Crippen LogP contribution < -0.4 is 0 Å². The highest BCUT2D eigenvalue weighted by atomic mass is 15.1. The van der Waals surface area contributed by atoms with Crippen LogP contribution in [0.25, 0.3) is 11.5 Å². The van der Waals surface area contributed by atoms with E-state index in [1.165, 1.54) is 24.2 Å². The number of hydrogen-bond acceptors (Lipinski definition) is 2. The van der Waals surface area contributed by atoms with E-state index in [9.17, 15) is 0 Å². The highest BCUT2D eigenvalue weighted by Gasteiger charge is 2.21. The van der Waals surface area contributed by atoms with Gasteiger partial charge in [-0.3, -0.25) is 0 Å². The third-order valence-corrected chi connectivity index (χ3v) is 3.40. The fourth-order valence-corrected chi connectivity index (χ4v) is 2.45. The molecule has 2 heterocycles. The van der Waals surface area contributed by atoms with Crippen LogP contribution in [-0.4, -0.2) is 19.5 Å². The van der Waals surface area contributed by atoms with E-state index < -0.39 is 0 Å². The third kappa shape index (κ3) is 1.37. The van der Waals surface area contributed by atoms with Crippen LogP contribution in [0.4, 0.5) is 0 Å². The molecule has 0 amide bonds. The van der Waals surface area contributed by atoms with Crippen LogP contribution in [0.2, 0.25) is 0 Å². The van der Waals surface area contributed by atoms with Crippen molar-refractivity contribution in [1.82, 2.24) is 19.5 Å². The quantitative estimate of drug-likeness (QED) is 0.794. The Labute approximate surface area is 94.7 Å². The SMILES string of the molecule is CC1CCCc2[nH]c(-c3cncn3C)nc21.